The minimum Gasteiger partial charge on any atom is -0.326 e. The number of rotatable bonds is 0. The van der Waals surface area contributed by atoms with Crippen molar-refractivity contribution in [3.63, 3.8) is 0 Å². The second-order valence-electron chi connectivity index (χ2n) is 2.01. The smallest absolute Gasteiger partial charge is 0.0237 e. The lowest BCUT2D eigenvalue weighted by atomic mass is 10.5. The van der Waals surface area contributed by atoms with E-state index in [4.69, 9.17) is 11.5 Å². The van der Waals surface area contributed by atoms with Crippen LogP contribution in [0, 0.1) is 5.92 Å². The molecule has 0 radical (unpaired) electrons. The normalized spacial score (nSPS) is 55.5. The van der Waals surface area contributed by atoms with E-state index in [2.05, 4.69) is 6.92 Å². The summed E-state index contributed by atoms with van der Waals surface area (Å²) in [6.07, 6.45) is 0. The molecule has 1 saturated carbocycles. The van der Waals surface area contributed by atoms with Gasteiger partial charge in [-0.25, -0.2) is 0 Å². The average Bonchev–Trinajstić information content (AvgIpc) is 1.94. The van der Waals surface area contributed by atoms with E-state index < -0.39 is 0 Å². The Labute approximate surface area is 37.5 Å². The Morgan fingerprint density at radius 3 is 1.33 bits per heavy atom. The molecule has 36 valence electrons. The molecule has 4 N–H and O–H groups in total. The van der Waals surface area contributed by atoms with Gasteiger partial charge in [-0.1, -0.05) is 6.92 Å². The molecule has 0 heterocycles. The highest BCUT2D eigenvalue weighted by atomic mass is 14.9. The van der Waals surface area contributed by atoms with Crippen LogP contribution in [-0.4, -0.2) is 12.1 Å². The Kier molecular flexibility index (Phi) is 0.648. The molecule has 0 amide bonds. The van der Waals surface area contributed by atoms with Crippen LogP contribution < -0.4 is 11.5 Å². The Morgan fingerprint density at radius 1 is 1.17 bits per heavy atom. The van der Waals surface area contributed by atoms with Gasteiger partial charge in [0.05, 0.1) is 0 Å². The topological polar surface area (TPSA) is 52.0 Å². The predicted octanol–water partition coefficient (Wildman–Crippen LogP) is -0.709. The minimum atomic E-state index is 0.296. The maximum absolute atomic E-state index is 5.38. The lowest BCUT2D eigenvalue weighted by molar-refractivity contribution is 0.879. The van der Waals surface area contributed by atoms with Crippen molar-refractivity contribution >= 4 is 0 Å². The molecular weight excluding hydrogens is 76.1 g/mol. The maximum atomic E-state index is 5.38. The van der Waals surface area contributed by atoms with Crippen LogP contribution in [0.2, 0.25) is 0 Å². The molecular formula is C4H10N2. The molecule has 0 aromatic rings. The van der Waals surface area contributed by atoms with Crippen LogP contribution in [0.4, 0.5) is 0 Å². The van der Waals surface area contributed by atoms with E-state index in [0.717, 1.165) is 0 Å². The second kappa shape index (κ2) is 0.950. The van der Waals surface area contributed by atoms with Crippen molar-refractivity contribution in [2.45, 2.75) is 19.0 Å². The van der Waals surface area contributed by atoms with Crippen molar-refractivity contribution in [1.29, 1.82) is 0 Å². The average molecular weight is 86.1 g/mol. The van der Waals surface area contributed by atoms with E-state index in [9.17, 15) is 0 Å². The third kappa shape index (κ3) is 0.340. The Bertz CT molecular complexity index is 42.3. The Balaban J connectivity index is 2.31. The first-order chi connectivity index (χ1) is 2.73. The van der Waals surface area contributed by atoms with E-state index in [1.165, 1.54) is 0 Å². The van der Waals surface area contributed by atoms with Gasteiger partial charge in [0.25, 0.3) is 0 Å². The largest absolute Gasteiger partial charge is 0.326 e. The van der Waals surface area contributed by atoms with Gasteiger partial charge in [0.2, 0.25) is 0 Å². The number of hydrogen-bond donors (Lipinski definition) is 2. The predicted molar refractivity (Wildman–Crippen MR) is 25.1 cm³/mol. The van der Waals surface area contributed by atoms with Crippen molar-refractivity contribution in [2.75, 3.05) is 0 Å². The van der Waals surface area contributed by atoms with Crippen LogP contribution in [0.5, 0.6) is 0 Å². The summed E-state index contributed by atoms with van der Waals surface area (Å²) >= 11 is 0. The van der Waals surface area contributed by atoms with Crippen LogP contribution in [0.1, 0.15) is 6.92 Å². The molecule has 6 heavy (non-hydrogen) atoms. The molecule has 2 atom stereocenters. The summed E-state index contributed by atoms with van der Waals surface area (Å²) in [5.41, 5.74) is 10.8. The summed E-state index contributed by atoms with van der Waals surface area (Å²) in [4.78, 5) is 0. The molecule has 1 aliphatic rings. The van der Waals surface area contributed by atoms with Crippen molar-refractivity contribution < 1.29 is 0 Å². The zero-order valence-electron chi connectivity index (χ0n) is 3.89. The van der Waals surface area contributed by atoms with Crippen LogP contribution in [0.25, 0.3) is 0 Å². The molecule has 0 unspecified atom stereocenters. The molecule has 0 aliphatic heterocycles. The molecule has 2 nitrogen and oxygen atoms in total. The molecule has 0 saturated heterocycles. The highest BCUT2D eigenvalue weighted by Crippen LogP contribution is 2.24. The summed E-state index contributed by atoms with van der Waals surface area (Å²) in [5, 5.41) is 0. The summed E-state index contributed by atoms with van der Waals surface area (Å²) in [5.74, 6) is 0.574. The lowest BCUT2D eigenvalue weighted by Crippen LogP contribution is -2.12. The molecule has 2 heteroatoms. The van der Waals surface area contributed by atoms with Gasteiger partial charge in [0.1, 0.15) is 0 Å². The van der Waals surface area contributed by atoms with Gasteiger partial charge in [0, 0.05) is 12.1 Å². The molecule has 0 spiro atoms. The fraction of sp³-hybridized carbons (Fsp3) is 1.00. The highest BCUT2D eigenvalue weighted by Gasteiger charge is 2.39. The maximum Gasteiger partial charge on any atom is 0.0237 e. The van der Waals surface area contributed by atoms with Crippen molar-refractivity contribution in [3.8, 4) is 0 Å². The van der Waals surface area contributed by atoms with Gasteiger partial charge in [-0.15, -0.1) is 0 Å². The lowest BCUT2D eigenvalue weighted by Gasteiger charge is -1.70. The van der Waals surface area contributed by atoms with Crippen molar-refractivity contribution in [3.05, 3.63) is 0 Å². The van der Waals surface area contributed by atoms with Gasteiger partial charge in [-0.2, -0.15) is 0 Å². The zero-order valence-corrected chi connectivity index (χ0v) is 3.89. The minimum absolute atomic E-state index is 0.296. The summed E-state index contributed by atoms with van der Waals surface area (Å²) in [6, 6.07) is 0.593. The molecule has 1 aliphatic carbocycles. The quantitative estimate of drug-likeness (QED) is 0.409. The van der Waals surface area contributed by atoms with Gasteiger partial charge >= 0.3 is 0 Å². The van der Waals surface area contributed by atoms with Crippen molar-refractivity contribution in [1.82, 2.24) is 0 Å². The first-order valence-corrected chi connectivity index (χ1v) is 2.24. The summed E-state index contributed by atoms with van der Waals surface area (Å²) in [7, 11) is 0. The molecule has 1 fully saturated rings. The fourth-order valence-electron chi connectivity index (χ4n) is 0.526. The highest BCUT2D eigenvalue weighted by molar-refractivity contribution is 5.01. The van der Waals surface area contributed by atoms with Crippen LogP contribution in [-0.2, 0) is 0 Å². The van der Waals surface area contributed by atoms with Crippen LogP contribution in [0.15, 0.2) is 0 Å². The van der Waals surface area contributed by atoms with Crippen LogP contribution >= 0.6 is 0 Å². The summed E-state index contributed by atoms with van der Waals surface area (Å²) < 4.78 is 0. The number of nitrogens with two attached hydrogens (primary N) is 2. The third-order valence-electron chi connectivity index (χ3n) is 1.52. The van der Waals surface area contributed by atoms with E-state index in [-0.39, 0.29) is 0 Å². The molecule has 0 bridgehead atoms. The van der Waals surface area contributed by atoms with Gasteiger partial charge < -0.3 is 11.5 Å². The van der Waals surface area contributed by atoms with Gasteiger partial charge in [-0.3, -0.25) is 0 Å². The first-order valence-electron chi connectivity index (χ1n) is 2.24. The zero-order chi connectivity index (χ0) is 4.73. The SMILES string of the molecule is CC1[C@H](N)[C@H]1N. The Hall–Kier alpha value is -0.0800. The number of hydrogen-bond acceptors (Lipinski definition) is 2. The Morgan fingerprint density at radius 2 is 1.33 bits per heavy atom. The first kappa shape index (κ1) is 4.09. The van der Waals surface area contributed by atoms with E-state index in [1.54, 1.807) is 0 Å². The van der Waals surface area contributed by atoms with Gasteiger partial charge in [0.15, 0.2) is 0 Å². The summed E-state index contributed by atoms with van der Waals surface area (Å²) in [6.45, 7) is 2.06. The molecule has 0 aromatic carbocycles. The standard InChI is InChI=1S/C4H10N2/c1-2-3(5)4(2)6/h2-4H,5-6H2,1H3/t3-,4-/m0/s1. The van der Waals surface area contributed by atoms with E-state index in [1.807, 2.05) is 0 Å². The van der Waals surface area contributed by atoms with E-state index in [0.29, 0.717) is 18.0 Å². The monoisotopic (exact) mass is 86.1 g/mol. The van der Waals surface area contributed by atoms with Crippen LogP contribution in [0.3, 0.4) is 0 Å². The molecule has 1 rings (SSSR count). The van der Waals surface area contributed by atoms with E-state index >= 15 is 0 Å². The molecule has 0 aromatic heterocycles. The van der Waals surface area contributed by atoms with Crippen molar-refractivity contribution in [2.24, 2.45) is 17.4 Å². The third-order valence-corrected chi connectivity index (χ3v) is 1.52. The second-order valence-corrected chi connectivity index (χ2v) is 2.01. The van der Waals surface area contributed by atoms with Gasteiger partial charge in [-0.05, 0) is 5.92 Å². The fourth-order valence-corrected chi connectivity index (χ4v) is 0.526.